The number of nitrogens with zero attached hydrogens (tertiary/aromatic N) is 2. The Labute approximate surface area is 160 Å². The number of anilines is 1. The number of hydrogen-bond donors (Lipinski definition) is 1. The highest BCUT2D eigenvalue weighted by Crippen LogP contribution is 2.28. The number of aryl methyl sites for hydroxylation is 2. The number of thioether (sulfide) groups is 1. The van der Waals surface area contributed by atoms with E-state index in [0.29, 0.717) is 10.9 Å². The van der Waals surface area contributed by atoms with E-state index in [-0.39, 0.29) is 12.5 Å². The maximum absolute atomic E-state index is 12.0. The summed E-state index contributed by atoms with van der Waals surface area (Å²) in [6.45, 7) is 3.93. The first-order chi connectivity index (χ1) is 12.6. The average molecular weight is 386 g/mol. The SMILES string of the molecule is Cc1cc(C)cc(OCC(=O)Nc2nnc(SCc3ccccc3)s2)c1. The Kier molecular flexibility index (Phi) is 6.25. The van der Waals surface area contributed by atoms with Gasteiger partial charge < -0.3 is 4.74 Å². The topological polar surface area (TPSA) is 64.1 Å². The second-order valence-corrected chi connectivity index (χ2v) is 8.01. The molecule has 0 atom stereocenters. The molecule has 0 saturated carbocycles. The second kappa shape index (κ2) is 8.82. The maximum Gasteiger partial charge on any atom is 0.264 e. The van der Waals surface area contributed by atoms with Gasteiger partial charge in [0.2, 0.25) is 5.13 Å². The third-order valence-corrected chi connectivity index (χ3v) is 5.47. The van der Waals surface area contributed by atoms with E-state index >= 15 is 0 Å². The van der Waals surface area contributed by atoms with Crippen molar-refractivity contribution in [1.29, 1.82) is 0 Å². The third-order valence-electron chi connectivity index (χ3n) is 3.42. The van der Waals surface area contributed by atoms with Gasteiger partial charge in [0.05, 0.1) is 0 Å². The number of aromatic nitrogens is 2. The molecule has 3 aromatic rings. The summed E-state index contributed by atoms with van der Waals surface area (Å²) in [6.07, 6.45) is 0. The fourth-order valence-electron chi connectivity index (χ4n) is 2.36. The van der Waals surface area contributed by atoms with Crippen LogP contribution < -0.4 is 10.1 Å². The largest absolute Gasteiger partial charge is 0.484 e. The van der Waals surface area contributed by atoms with Crippen molar-refractivity contribution in [3.63, 3.8) is 0 Å². The van der Waals surface area contributed by atoms with Crippen molar-refractivity contribution >= 4 is 34.1 Å². The number of nitrogens with one attached hydrogen (secondary N) is 1. The zero-order valence-electron chi connectivity index (χ0n) is 14.6. The van der Waals surface area contributed by atoms with Gasteiger partial charge in [-0.1, -0.05) is 59.5 Å². The summed E-state index contributed by atoms with van der Waals surface area (Å²) in [5, 5.41) is 11.3. The van der Waals surface area contributed by atoms with E-state index in [1.54, 1.807) is 11.8 Å². The van der Waals surface area contributed by atoms with Crippen LogP contribution in [-0.2, 0) is 10.5 Å². The van der Waals surface area contributed by atoms with Crippen LogP contribution in [0.1, 0.15) is 16.7 Å². The monoisotopic (exact) mass is 385 g/mol. The van der Waals surface area contributed by atoms with Gasteiger partial charge in [-0.2, -0.15) is 0 Å². The molecule has 26 heavy (non-hydrogen) atoms. The Morgan fingerprint density at radius 2 is 1.85 bits per heavy atom. The molecule has 0 aliphatic carbocycles. The normalized spacial score (nSPS) is 10.5. The molecule has 0 bridgehead atoms. The number of amides is 1. The standard InChI is InChI=1S/C19H19N3O2S2/c1-13-8-14(2)10-16(9-13)24-11-17(23)20-18-21-22-19(26-18)25-12-15-6-4-3-5-7-15/h3-10H,11-12H2,1-2H3,(H,20,21,23). The molecule has 1 N–H and O–H groups in total. The van der Waals surface area contributed by atoms with Gasteiger partial charge in [-0.25, -0.2) is 0 Å². The molecular formula is C19H19N3O2S2. The van der Waals surface area contributed by atoms with Gasteiger partial charge in [-0.15, -0.1) is 10.2 Å². The minimum Gasteiger partial charge on any atom is -0.484 e. The molecule has 134 valence electrons. The smallest absolute Gasteiger partial charge is 0.264 e. The van der Waals surface area contributed by atoms with Gasteiger partial charge in [-0.05, 0) is 42.7 Å². The van der Waals surface area contributed by atoms with E-state index in [1.165, 1.54) is 16.9 Å². The lowest BCUT2D eigenvalue weighted by Gasteiger charge is -2.07. The third kappa shape index (κ3) is 5.57. The number of ether oxygens (including phenoxy) is 1. The summed E-state index contributed by atoms with van der Waals surface area (Å²) < 4.78 is 6.37. The predicted octanol–water partition coefficient (Wildman–Crippen LogP) is 4.46. The first-order valence-corrected chi connectivity index (χ1v) is 9.90. The fraction of sp³-hybridized carbons (Fsp3) is 0.211. The summed E-state index contributed by atoms with van der Waals surface area (Å²) in [7, 11) is 0. The number of carbonyl (C=O) groups is 1. The molecule has 0 radical (unpaired) electrons. The highest BCUT2D eigenvalue weighted by atomic mass is 32.2. The van der Waals surface area contributed by atoms with Gasteiger partial charge in [0.15, 0.2) is 10.9 Å². The van der Waals surface area contributed by atoms with Crippen molar-refractivity contribution in [2.24, 2.45) is 0 Å². The van der Waals surface area contributed by atoms with E-state index in [4.69, 9.17) is 4.74 Å². The summed E-state index contributed by atoms with van der Waals surface area (Å²) >= 11 is 2.96. The fourth-order valence-corrected chi connectivity index (χ4v) is 4.08. The summed E-state index contributed by atoms with van der Waals surface area (Å²) in [6, 6.07) is 16.0. The zero-order valence-corrected chi connectivity index (χ0v) is 16.2. The van der Waals surface area contributed by atoms with Crippen molar-refractivity contribution in [1.82, 2.24) is 10.2 Å². The molecule has 2 aromatic carbocycles. The van der Waals surface area contributed by atoms with Gasteiger partial charge in [0.1, 0.15) is 5.75 Å². The Morgan fingerprint density at radius 3 is 2.58 bits per heavy atom. The van der Waals surface area contributed by atoms with Crippen LogP contribution in [0.2, 0.25) is 0 Å². The predicted molar refractivity (Wildman–Crippen MR) is 106 cm³/mol. The van der Waals surface area contributed by atoms with Crippen molar-refractivity contribution < 1.29 is 9.53 Å². The lowest BCUT2D eigenvalue weighted by molar-refractivity contribution is -0.118. The summed E-state index contributed by atoms with van der Waals surface area (Å²) in [5.41, 5.74) is 3.43. The van der Waals surface area contributed by atoms with Gasteiger partial charge >= 0.3 is 0 Å². The first-order valence-electron chi connectivity index (χ1n) is 8.10. The highest BCUT2D eigenvalue weighted by Gasteiger charge is 2.10. The first kappa shape index (κ1) is 18.4. The van der Waals surface area contributed by atoms with Crippen LogP contribution in [0.4, 0.5) is 5.13 Å². The number of hydrogen-bond acceptors (Lipinski definition) is 6. The molecule has 1 heterocycles. The van der Waals surface area contributed by atoms with E-state index < -0.39 is 0 Å². The van der Waals surface area contributed by atoms with Crippen LogP contribution in [0.3, 0.4) is 0 Å². The Morgan fingerprint density at radius 1 is 1.12 bits per heavy atom. The van der Waals surface area contributed by atoms with Crippen molar-refractivity contribution in [2.75, 3.05) is 11.9 Å². The van der Waals surface area contributed by atoms with Crippen LogP contribution in [0.5, 0.6) is 5.75 Å². The molecule has 0 fully saturated rings. The molecule has 7 heteroatoms. The molecule has 1 amide bonds. The molecule has 3 rings (SSSR count). The Balaban J connectivity index is 1.48. The van der Waals surface area contributed by atoms with Crippen LogP contribution in [0.15, 0.2) is 52.9 Å². The highest BCUT2D eigenvalue weighted by molar-refractivity contribution is 8.00. The summed E-state index contributed by atoms with van der Waals surface area (Å²) in [4.78, 5) is 12.0. The van der Waals surface area contributed by atoms with E-state index in [2.05, 4.69) is 33.7 Å². The van der Waals surface area contributed by atoms with E-state index in [1.807, 2.05) is 44.2 Å². The van der Waals surface area contributed by atoms with Crippen molar-refractivity contribution in [3.05, 3.63) is 65.2 Å². The molecule has 0 aliphatic heterocycles. The number of carbonyl (C=O) groups excluding carboxylic acids is 1. The Hall–Kier alpha value is -2.38. The Bertz CT molecular complexity index is 861. The van der Waals surface area contributed by atoms with Crippen LogP contribution in [0, 0.1) is 13.8 Å². The lowest BCUT2D eigenvalue weighted by atomic mass is 10.1. The molecule has 0 spiro atoms. The molecule has 5 nitrogen and oxygen atoms in total. The average Bonchev–Trinajstić information content (AvgIpc) is 3.06. The maximum atomic E-state index is 12.0. The number of benzene rings is 2. The summed E-state index contributed by atoms with van der Waals surface area (Å²) in [5.74, 6) is 1.26. The van der Waals surface area contributed by atoms with Crippen LogP contribution in [0.25, 0.3) is 0 Å². The molecule has 0 saturated heterocycles. The quantitative estimate of drug-likeness (QED) is 0.480. The van der Waals surface area contributed by atoms with E-state index in [0.717, 1.165) is 21.2 Å². The van der Waals surface area contributed by atoms with Crippen LogP contribution in [-0.4, -0.2) is 22.7 Å². The van der Waals surface area contributed by atoms with Crippen LogP contribution >= 0.6 is 23.1 Å². The number of rotatable bonds is 7. The zero-order chi connectivity index (χ0) is 18.4. The minimum absolute atomic E-state index is 0.0606. The van der Waals surface area contributed by atoms with Gasteiger partial charge in [0.25, 0.3) is 5.91 Å². The molecular weight excluding hydrogens is 366 g/mol. The van der Waals surface area contributed by atoms with Gasteiger partial charge in [-0.3, -0.25) is 10.1 Å². The second-order valence-electron chi connectivity index (χ2n) is 5.81. The van der Waals surface area contributed by atoms with E-state index in [9.17, 15) is 4.79 Å². The molecule has 0 unspecified atom stereocenters. The van der Waals surface area contributed by atoms with Crippen molar-refractivity contribution in [3.8, 4) is 5.75 Å². The lowest BCUT2D eigenvalue weighted by Crippen LogP contribution is -2.20. The van der Waals surface area contributed by atoms with Crippen molar-refractivity contribution in [2.45, 2.75) is 23.9 Å². The molecule has 1 aromatic heterocycles. The van der Waals surface area contributed by atoms with Gasteiger partial charge in [0, 0.05) is 5.75 Å². The molecule has 0 aliphatic rings. The minimum atomic E-state index is -0.250.